The third-order valence-corrected chi connectivity index (χ3v) is 5.37. The number of likely N-dealkylation sites (tertiary alicyclic amines) is 1. The summed E-state index contributed by atoms with van der Waals surface area (Å²) in [5, 5.41) is 3.63. The van der Waals surface area contributed by atoms with E-state index in [1.165, 1.54) is 5.56 Å². The summed E-state index contributed by atoms with van der Waals surface area (Å²) in [6, 6.07) is 5.52. The molecule has 3 rings (SSSR count). The summed E-state index contributed by atoms with van der Waals surface area (Å²) in [5.74, 6) is -0.279. The number of halogens is 1. The molecule has 4 nitrogen and oxygen atoms in total. The van der Waals surface area contributed by atoms with Gasteiger partial charge in [0.2, 0.25) is 5.91 Å². The number of nitrogens with zero attached hydrogens (tertiary/aromatic N) is 1. The highest BCUT2D eigenvalue weighted by Gasteiger charge is 2.24. The molecule has 1 heterocycles. The van der Waals surface area contributed by atoms with E-state index in [2.05, 4.69) is 10.2 Å². The van der Waals surface area contributed by atoms with Crippen LogP contribution in [0, 0.1) is 11.7 Å². The molecular formula is C19H28FN3O. The molecule has 0 aromatic heterocycles. The highest BCUT2D eigenvalue weighted by Crippen LogP contribution is 2.30. The molecule has 0 unspecified atom stereocenters. The minimum atomic E-state index is -0.163. The van der Waals surface area contributed by atoms with E-state index in [1.54, 1.807) is 12.1 Å². The van der Waals surface area contributed by atoms with Gasteiger partial charge in [-0.25, -0.2) is 4.39 Å². The van der Waals surface area contributed by atoms with Gasteiger partial charge in [-0.3, -0.25) is 4.79 Å². The van der Waals surface area contributed by atoms with Crippen LogP contribution in [-0.4, -0.2) is 37.0 Å². The van der Waals surface area contributed by atoms with Gasteiger partial charge in [0.1, 0.15) is 5.82 Å². The number of carbonyl (C=O) groups excluding carboxylic acids is 1. The number of piperidine rings is 1. The van der Waals surface area contributed by atoms with Crippen LogP contribution in [0.25, 0.3) is 0 Å². The van der Waals surface area contributed by atoms with E-state index in [1.807, 2.05) is 6.07 Å². The molecule has 1 aromatic rings. The van der Waals surface area contributed by atoms with E-state index in [-0.39, 0.29) is 17.6 Å². The maximum Gasteiger partial charge on any atom is 0.221 e. The van der Waals surface area contributed by atoms with Crippen LogP contribution in [-0.2, 0) is 11.2 Å². The van der Waals surface area contributed by atoms with Gasteiger partial charge in [0, 0.05) is 12.6 Å². The first kappa shape index (κ1) is 17.4. The van der Waals surface area contributed by atoms with Gasteiger partial charge in [0.25, 0.3) is 0 Å². The second-order valence-electron chi connectivity index (χ2n) is 7.14. The molecule has 5 heteroatoms. The van der Waals surface area contributed by atoms with Gasteiger partial charge in [0.15, 0.2) is 0 Å². The fourth-order valence-electron chi connectivity index (χ4n) is 4.06. The number of fused-ring (bicyclic) bond motifs is 1. The average Bonchev–Trinajstić information content (AvgIpc) is 2.58. The summed E-state index contributed by atoms with van der Waals surface area (Å²) in [6.07, 6.45) is 6.25. The smallest absolute Gasteiger partial charge is 0.221 e. The summed E-state index contributed by atoms with van der Waals surface area (Å²) < 4.78 is 13.4. The van der Waals surface area contributed by atoms with Crippen molar-refractivity contribution in [3.63, 3.8) is 0 Å². The SMILES string of the molecule is NC(=O)[C@H]1CCCN(CCCN[C@H]2CCCc3cc(F)ccc32)C1. The molecule has 2 atom stereocenters. The van der Waals surface area contributed by atoms with Crippen LogP contribution in [0.5, 0.6) is 0 Å². The first-order valence-electron chi connectivity index (χ1n) is 9.17. The lowest BCUT2D eigenvalue weighted by Gasteiger charge is -2.31. The number of benzene rings is 1. The van der Waals surface area contributed by atoms with Crippen molar-refractivity contribution in [1.29, 1.82) is 0 Å². The lowest BCUT2D eigenvalue weighted by atomic mass is 9.87. The van der Waals surface area contributed by atoms with Gasteiger partial charge in [-0.05, 0) is 81.4 Å². The molecule has 3 N–H and O–H groups in total. The largest absolute Gasteiger partial charge is 0.369 e. The molecule has 0 radical (unpaired) electrons. The Bertz CT molecular complexity index is 578. The Balaban J connectivity index is 1.44. The maximum atomic E-state index is 13.4. The summed E-state index contributed by atoms with van der Waals surface area (Å²) in [7, 11) is 0. The topological polar surface area (TPSA) is 58.4 Å². The molecule has 1 amide bonds. The van der Waals surface area contributed by atoms with Gasteiger partial charge >= 0.3 is 0 Å². The number of aryl methyl sites for hydroxylation is 1. The van der Waals surface area contributed by atoms with Crippen LogP contribution >= 0.6 is 0 Å². The first-order valence-corrected chi connectivity index (χ1v) is 9.17. The molecule has 1 aromatic carbocycles. The van der Waals surface area contributed by atoms with Crippen molar-refractivity contribution in [2.45, 2.75) is 44.6 Å². The van der Waals surface area contributed by atoms with Crippen molar-refractivity contribution in [2.24, 2.45) is 11.7 Å². The monoisotopic (exact) mass is 333 g/mol. The number of hydrogen-bond donors (Lipinski definition) is 2. The van der Waals surface area contributed by atoms with Crippen molar-refractivity contribution in [1.82, 2.24) is 10.2 Å². The Morgan fingerprint density at radius 2 is 2.21 bits per heavy atom. The van der Waals surface area contributed by atoms with Crippen LogP contribution in [0.2, 0.25) is 0 Å². The molecule has 24 heavy (non-hydrogen) atoms. The number of carbonyl (C=O) groups is 1. The molecule has 2 aliphatic rings. The summed E-state index contributed by atoms with van der Waals surface area (Å²) in [4.78, 5) is 13.7. The minimum absolute atomic E-state index is 0.0202. The number of nitrogens with one attached hydrogen (secondary N) is 1. The van der Waals surface area contributed by atoms with E-state index in [0.717, 1.165) is 70.3 Å². The van der Waals surface area contributed by atoms with Crippen molar-refractivity contribution in [2.75, 3.05) is 26.2 Å². The third-order valence-electron chi connectivity index (χ3n) is 5.37. The number of rotatable bonds is 6. The molecule has 0 spiro atoms. The maximum absolute atomic E-state index is 13.4. The molecule has 0 bridgehead atoms. The molecule has 1 aliphatic heterocycles. The van der Waals surface area contributed by atoms with E-state index in [0.29, 0.717) is 6.04 Å². The van der Waals surface area contributed by atoms with Crippen LogP contribution < -0.4 is 11.1 Å². The summed E-state index contributed by atoms with van der Waals surface area (Å²) in [6.45, 7) is 3.81. The Hall–Kier alpha value is -1.46. The van der Waals surface area contributed by atoms with Crippen molar-refractivity contribution in [3.05, 3.63) is 35.1 Å². The Morgan fingerprint density at radius 3 is 3.04 bits per heavy atom. The summed E-state index contributed by atoms with van der Waals surface area (Å²) >= 11 is 0. The van der Waals surface area contributed by atoms with Gasteiger partial charge in [-0.1, -0.05) is 6.07 Å². The quantitative estimate of drug-likeness (QED) is 0.786. The predicted molar refractivity (Wildman–Crippen MR) is 93.1 cm³/mol. The first-order chi connectivity index (χ1) is 11.6. The van der Waals surface area contributed by atoms with E-state index < -0.39 is 0 Å². The van der Waals surface area contributed by atoms with Crippen molar-refractivity contribution < 1.29 is 9.18 Å². The molecule has 1 aliphatic carbocycles. The number of amides is 1. The molecular weight excluding hydrogens is 305 g/mol. The zero-order chi connectivity index (χ0) is 16.9. The highest BCUT2D eigenvalue weighted by molar-refractivity contribution is 5.76. The molecule has 0 saturated carbocycles. The van der Waals surface area contributed by atoms with Crippen molar-refractivity contribution >= 4 is 5.91 Å². The predicted octanol–water partition coefficient (Wildman–Crippen LogP) is 2.38. The molecule has 1 saturated heterocycles. The van der Waals surface area contributed by atoms with Gasteiger partial charge in [-0.2, -0.15) is 0 Å². The molecule has 1 fully saturated rings. The zero-order valence-electron chi connectivity index (χ0n) is 14.3. The Kier molecular flexibility index (Phi) is 5.85. The van der Waals surface area contributed by atoms with Crippen molar-refractivity contribution in [3.8, 4) is 0 Å². The standard InChI is InChI=1S/C19H28FN3O/c20-16-7-8-17-14(12-16)4-1-6-18(17)22-9-3-11-23-10-2-5-15(13-23)19(21)24/h7-8,12,15,18,22H,1-6,9-11,13H2,(H2,21,24)/t15-,18-/m0/s1. The van der Waals surface area contributed by atoms with E-state index in [9.17, 15) is 9.18 Å². The fourth-order valence-corrected chi connectivity index (χ4v) is 4.06. The summed E-state index contributed by atoms with van der Waals surface area (Å²) in [5.41, 5.74) is 7.84. The normalized spacial score (nSPS) is 24.5. The third kappa shape index (κ3) is 4.33. The minimum Gasteiger partial charge on any atom is -0.369 e. The fraction of sp³-hybridized carbons (Fsp3) is 0.632. The highest BCUT2D eigenvalue weighted by atomic mass is 19.1. The Labute approximate surface area is 143 Å². The van der Waals surface area contributed by atoms with Crippen LogP contribution in [0.4, 0.5) is 4.39 Å². The average molecular weight is 333 g/mol. The lowest BCUT2D eigenvalue weighted by Crippen LogP contribution is -2.42. The second-order valence-corrected chi connectivity index (χ2v) is 7.14. The number of nitrogens with two attached hydrogens (primary N) is 1. The lowest BCUT2D eigenvalue weighted by molar-refractivity contribution is -0.123. The van der Waals surface area contributed by atoms with E-state index >= 15 is 0 Å². The van der Waals surface area contributed by atoms with Crippen LogP contribution in [0.15, 0.2) is 18.2 Å². The van der Waals surface area contributed by atoms with Gasteiger partial charge in [-0.15, -0.1) is 0 Å². The Morgan fingerprint density at radius 1 is 1.33 bits per heavy atom. The van der Waals surface area contributed by atoms with Crippen LogP contribution in [0.1, 0.15) is 49.3 Å². The zero-order valence-corrected chi connectivity index (χ0v) is 14.3. The van der Waals surface area contributed by atoms with E-state index in [4.69, 9.17) is 5.73 Å². The van der Waals surface area contributed by atoms with Gasteiger partial charge in [0.05, 0.1) is 5.92 Å². The molecule has 132 valence electrons. The second kappa shape index (κ2) is 8.08. The number of hydrogen-bond acceptors (Lipinski definition) is 3. The van der Waals surface area contributed by atoms with Crippen LogP contribution in [0.3, 0.4) is 0 Å². The van der Waals surface area contributed by atoms with Gasteiger partial charge < -0.3 is 16.0 Å². The number of primary amides is 1.